The Morgan fingerprint density at radius 1 is 0.903 bits per heavy atom. The summed E-state index contributed by atoms with van der Waals surface area (Å²) in [6, 6.07) is 25.3. The number of rotatable bonds is 7. The average molecular weight is 431 g/mol. The summed E-state index contributed by atoms with van der Waals surface area (Å²) in [6.45, 7) is 0. The number of thioether (sulfide) groups is 1. The minimum absolute atomic E-state index is 0.0935. The van der Waals surface area contributed by atoms with Crippen molar-refractivity contribution in [1.82, 2.24) is 4.98 Å². The van der Waals surface area contributed by atoms with Gasteiger partial charge in [-0.05, 0) is 53.6 Å². The van der Waals surface area contributed by atoms with Gasteiger partial charge in [0, 0.05) is 17.1 Å². The number of carbonyl (C=O) groups excluding carboxylic acids is 1. The number of anilines is 1. The molecule has 1 N–H and O–H groups in total. The molecule has 3 aromatic carbocycles. The summed E-state index contributed by atoms with van der Waals surface area (Å²) in [5, 5.41) is 4.72. The Labute approximate surface area is 185 Å². The van der Waals surface area contributed by atoms with Gasteiger partial charge in [-0.15, -0.1) is 0 Å². The largest absolute Gasteiger partial charge is 0.497 e. The number of nitrogens with one attached hydrogen (secondary N) is 1. The van der Waals surface area contributed by atoms with E-state index in [-0.39, 0.29) is 11.7 Å². The van der Waals surface area contributed by atoms with Crippen molar-refractivity contribution < 1.29 is 14.3 Å². The minimum atomic E-state index is -0.0935. The van der Waals surface area contributed by atoms with Crippen molar-refractivity contribution in [2.24, 2.45) is 0 Å². The summed E-state index contributed by atoms with van der Waals surface area (Å²) < 4.78 is 10.5. The Kier molecular flexibility index (Phi) is 6.38. The highest BCUT2D eigenvalue weighted by atomic mass is 32.2. The van der Waals surface area contributed by atoms with Crippen LogP contribution >= 0.6 is 11.8 Å². The molecule has 0 atom stereocenters. The molecule has 0 aliphatic heterocycles. The smallest absolute Gasteiger partial charge is 0.234 e. The van der Waals surface area contributed by atoms with Gasteiger partial charge in [-0.2, -0.15) is 0 Å². The summed E-state index contributed by atoms with van der Waals surface area (Å²) in [6.07, 6.45) is 0. The van der Waals surface area contributed by atoms with Gasteiger partial charge >= 0.3 is 0 Å². The van der Waals surface area contributed by atoms with E-state index in [4.69, 9.17) is 14.5 Å². The number of benzene rings is 3. The predicted octanol–water partition coefficient (Wildman–Crippen LogP) is 5.65. The number of carbonyl (C=O) groups is 1. The number of aromatic nitrogens is 1. The lowest BCUT2D eigenvalue weighted by Crippen LogP contribution is -2.14. The number of pyridine rings is 1. The van der Waals surface area contributed by atoms with Crippen molar-refractivity contribution in [2.75, 3.05) is 25.3 Å². The highest BCUT2D eigenvalue weighted by molar-refractivity contribution is 7.99. The predicted molar refractivity (Wildman–Crippen MR) is 126 cm³/mol. The number of fused-ring (bicyclic) bond motifs is 1. The van der Waals surface area contributed by atoms with Crippen LogP contribution < -0.4 is 14.8 Å². The molecule has 5 nitrogen and oxygen atoms in total. The molecule has 0 saturated carbocycles. The van der Waals surface area contributed by atoms with Crippen molar-refractivity contribution in [1.29, 1.82) is 0 Å². The molecule has 4 aromatic rings. The van der Waals surface area contributed by atoms with Crippen LogP contribution in [0.5, 0.6) is 11.5 Å². The van der Waals surface area contributed by atoms with Crippen LogP contribution in [0, 0.1) is 0 Å². The molecule has 31 heavy (non-hydrogen) atoms. The number of methoxy groups -OCH3 is 2. The van der Waals surface area contributed by atoms with Gasteiger partial charge in [0.05, 0.1) is 30.5 Å². The Morgan fingerprint density at radius 3 is 2.32 bits per heavy atom. The number of hydrogen-bond donors (Lipinski definition) is 1. The van der Waals surface area contributed by atoms with Crippen LogP contribution in [-0.4, -0.2) is 30.9 Å². The van der Waals surface area contributed by atoms with Crippen molar-refractivity contribution in [2.45, 2.75) is 5.03 Å². The van der Waals surface area contributed by atoms with Gasteiger partial charge in [-0.25, -0.2) is 4.98 Å². The molecule has 0 aliphatic carbocycles. The molecule has 1 heterocycles. The lowest BCUT2D eigenvalue weighted by molar-refractivity contribution is -0.113. The molecular weight excluding hydrogens is 408 g/mol. The number of ether oxygens (including phenoxy) is 2. The lowest BCUT2D eigenvalue weighted by Gasteiger charge is -2.11. The second kappa shape index (κ2) is 9.53. The molecule has 0 fully saturated rings. The average Bonchev–Trinajstić information content (AvgIpc) is 2.82. The molecule has 1 aromatic heterocycles. The molecule has 0 radical (unpaired) electrons. The van der Waals surface area contributed by atoms with Crippen LogP contribution in [0.2, 0.25) is 0 Å². The Bertz CT molecular complexity index is 1190. The monoisotopic (exact) mass is 430 g/mol. The van der Waals surface area contributed by atoms with Crippen LogP contribution in [0.4, 0.5) is 5.69 Å². The molecule has 6 heteroatoms. The molecule has 0 saturated heterocycles. The van der Waals surface area contributed by atoms with Gasteiger partial charge in [0.15, 0.2) is 0 Å². The fraction of sp³-hybridized carbons (Fsp3) is 0.120. The van der Waals surface area contributed by atoms with E-state index < -0.39 is 0 Å². The van der Waals surface area contributed by atoms with E-state index in [0.717, 1.165) is 44.2 Å². The molecule has 4 rings (SSSR count). The highest BCUT2D eigenvalue weighted by Crippen LogP contribution is 2.33. The van der Waals surface area contributed by atoms with Gasteiger partial charge in [0.25, 0.3) is 0 Å². The second-order valence-electron chi connectivity index (χ2n) is 6.82. The van der Waals surface area contributed by atoms with Gasteiger partial charge in [-0.3, -0.25) is 4.79 Å². The maximum atomic E-state index is 12.4. The van der Waals surface area contributed by atoms with Crippen LogP contribution in [0.3, 0.4) is 0 Å². The first-order valence-electron chi connectivity index (χ1n) is 9.77. The first kappa shape index (κ1) is 20.8. The Hall–Kier alpha value is -3.51. The van der Waals surface area contributed by atoms with Crippen molar-refractivity contribution in [3.63, 3.8) is 0 Å². The molecule has 0 aliphatic rings. The minimum Gasteiger partial charge on any atom is -0.497 e. The summed E-state index contributed by atoms with van der Waals surface area (Å²) in [5.41, 5.74) is 3.74. The topological polar surface area (TPSA) is 60.5 Å². The third-order valence-corrected chi connectivity index (χ3v) is 5.71. The fourth-order valence-corrected chi connectivity index (χ4v) is 3.97. The Balaban J connectivity index is 1.57. The van der Waals surface area contributed by atoms with Crippen molar-refractivity contribution >= 4 is 34.3 Å². The SMILES string of the molecule is COc1ccc(NC(=O)CSc2cc(-c3ccccc3)c3ccc(OC)cc3n2)cc1. The normalized spacial score (nSPS) is 10.6. The number of amides is 1. The van der Waals surface area contributed by atoms with E-state index in [1.165, 1.54) is 11.8 Å². The van der Waals surface area contributed by atoms with E-state index in [2.05, 4.69) is 17.4 Å². The first-order chi connectivity index (χ1) is 15.2. The quantitative estimate of drug-likeness (QED) is 0.384. The van der Waals surface area contributed by atoms with Gasteiger partial charge in [0.2, 0.25) is 5.91 Å². The van der Waals surface area contributed by atoms with Crippen LogP contribution in [0.1, 0.15) is 0 Å². The zero-order chi connectivity index (χ0) is 21.6. The van der Waals surface area contributed by atoms with Crippen molar-refractivity contribution in [3.05, 3.63) is 78.9 Å². The van der Waals surface area contributed by atoms with Crippen molar-refractivity contribution in [3.8, 4) is 22.6 Å². The molecule has 156 valence electrons. The van der Waals surface area contributed by atoms with E-state index >= 15 is 0 Å². The Morgan fingerprint density at radius 2 is 1.61 bits per heavy atom. The van der Waals surface area contributed by atoms with Gasteiger partial charge in [-0.1, -0.05) is 42.1 Å². The summed E-state index contributed by atoms with van der Waals surface area (Å²) in [7, 11) is 3.25. The summed E-state index contributed by atoms with van der Waals surface area (Å²) >= 11 is 1.40. The van der Waals surface area contributed by atoms with Gasteiger partial charge < -0.3 is 14.8 Å². The molecule has 0 bridgehead atoms. The highest BCUT2D eigenvalue weighted by Gasteiger charge is 2.11. The maximum Gasteiger partial charge on any atom is 0.234 e. The van der Waals surface area contributed by atoms with E-state index in [1.807, 2.05) is 66.7 Å². The summed E-state index contributed by atoms with van der Waals surface area (Å²) in [5.74, 6) is 1.65. The first-order valence-corrected chi connectivity index (χ1v) is 10.8. The third-order valence-electron chi connectivity index (χ3n) is 4.80. The van der Waals surface area contributed by atoms with Crippen LogP contribution in [0.15, 0.2) is 83.9 Å². The van der Waals surface area contributed by atoms with E-state index in [0.29, 0.717) is 0 Å². The summed E-state index contributed by atoms with van der Waals surface area (Å²) in [4.78, 5) is 17.2. The van der Waals surface area contributed by atoms with Crippen LogP contribution in [0.25, 0.3) is 22.0 Å². The molecular formula is C25H22N2O3S. The fourth-order valence-electron chi connectivity index (χ4n) is 3.25. The molecule has 0 spiro atoms. The van der Waals surface area contributed by atoms with Crippen LogP contribution in [-0.2, 0) is 4.79 Å². The molecule has 1 amide bonds. The zero-order valence-corrected chi connectivity index (χ0v) is 18.1. The number of nitrogens with zero attached hydrogens (tertiary/aromatic N) is 1. The number of hydrogen-bond acceptors (Lipinski definition) is 5. The standard InChI is InChI=1S/C25H22N2O3S/c1-29-19-10-8-18(9-11-19)26-24(28)16-31-25-15-22(17-6-4-3-5-7-17)21-13-12-20(30-2)14-23(21)27-25/h3-15H,16H2,1-2H3,(H,26,28). The van der Waals surface area contributed by atoms with E-state index in [1.54, 1.807) is 14.2 Å². The second-order valence-corrected chi connectivity index (χ2v) is 7.82. The zero-order valence-electron chi connectivity index (χ0n) is 17.3. The molecule has 0 unspecified atom stereocenters. The lowest BCUT2D eigenvalue weighted by atomic mass is 10.0. The third kappa shape index (κ3) is 4.98. The van der Waals surface area contributed by atoms with Gasteiger partial charge in [0.1, 0.15) is 11.5 Å². The van der Waals surface area contributed by atoms with E-state index in [9.17, 15) is 4.79 Å². The maximum absolute atomic E-state index is 12.4.